The Morgan fingerprint density at radius 2 is 1.81 bits per heavy atom. The second kappa shape index (κ2) is 7.61. The van der Waals surface area contributed by atoms with Crippen molar-refractivity contribution < 1.29 is 0 Å². The van der Waals surface area contributed by atoms with E-state index < -0.39 is 0 Å². The molecular formula is C15H24N6. The maximum atomic E-state index is 4.51. The summed E-state index contributed by atoms with van der Waals surface area (Å²) in [5.74, 6) is 2.62. The minimum absolute atomic E-state index is 0.810. The zero-order chi connectivity index (χ0) is 15.1. The van der Waals surface area contributed by atoms with Gasteiger partial charge in [-0.05, 0) is 12.5 Å². The fourth-order valence-electron chi connectivity index (χ4n) is 2.00. The molecule has 0 spiro atoms. The molecular weight excluding hydrogens is 264 g/mol. The Bertz CT molecular complexity index is 563. The normalized spacial score (nSPS) is 10.6. The molecule has 21 heavy (non-hydrogen) atoms. The second-order valence-electron chi connectivity index (χ2n) is 4.99. The van der Waals surface area contributed by atoms with E-state index in [1.165, 1.54) is 0 Å². The van der Waals surface area contributed by atoms with Crippen molar-refractivity contribution in [1.82, 2.24) is 19.7 Å². The Hall–Kier alpha value is -2.11. The monoisotopic (exact) mass is 288 g/mol. The fourth-order valence-corrected chi connectivity index (χ4v) is 2.00. The number of hydrogen-bond acceptors (Lipinski definition) is 5. The molecule has 0 fully saturated rings. The first kappa shape index (κ1) is 15.3. The van der Waals surface area contributed by atoms with E-state index in [0.717, 1.165) is 55.5 Å². The summed E-state index contributed by atoms with van der Waals surface area (Å²) >= 11 is 0. The van der Waals surface area contributed by atoms with Crippen LogP contribution in [0.25, 0.3) is 0 Å². The van der Waals surface area contributed by atoms with E-state index in [1.54, 1.807) is 0 Å². The molecule has 0 saturated carbocycles. The third kappa shape index (κ3) is 4.73. The van der Waals surface area contributed by atoms with Crippen LogP contribution >= 0.6 is 0 Å². The average Bonchev–Trinajstić information content (AvgIpc) is 2.90. The van der Waals surface area contributed by atoms with E-state index in [-0.39, 0.29) is 0 Å². The number of rotatable bonds is 8. The SMILES string of the molecule is CCCNc1cc(NCCc2ccn(C)n2)nc(CC)n1. The van der Waals surface area contributed by atoms with E-state index in [9.17, 15) is 0 Å². The third-order valence-corrected chi connectivity index (χ3v) is 3.10. The summed E-state index contributed by atoms with van der Waals surface area (Å²) in [6.45, 7) is 5.94. The van der Waals surface area contributed by atoms with Crippen LogP contribution in [0.1, 0.15) is 31.8 Å². The van der Waals surface area contributed by atoms with Gasteiger partial charge in [0.1, 0.15) is 17.5 Å². The number of nitrogens with one attached hydrogen (secondary N) is 2. The lowest BCUT2D eigenvalue weighted by Gasteiger charge is -2.10. The molecule has 2 aromatic heterocycles. The minimum atomic E-state index is 0.810. The maximum Gasteiger partial charge on any atom is 0.132 e. The van der Waals surface area contributed by atoms with Crippen molar-refractivity contribution in [2.24, 2.45) is 7.05 Å². The van der Waals surface area contributed by atoms with Crippen molar-refractivity contribution in [3.05, 3.63) is 29.8 Å². The van der Waals surface area contributed by atoms with Gasteiger partial charge in [0.05, 0.1) is 5.69 Å². The molecule has 0 aliphatic heterocycles. The van der Waals surface area contributed by atoms with E-state index in [2.05, 4.69) is 39.5 Å². The van der Waals surface area contributed by atoms with Crippen LogP contribution in [0, 0.1) is 0 Å². The maximum absolute atomic E-state index is 4.51. The molecule has 2 heterocycles. The van der Waals surface area contributed by atoms with Gasteiger partial charge in [0, 0.05) is 45.2 Å². The lowest BCUT2D eigenvalue weighted by atomic mass is 10.3. The molecule has 2 aromatic rings. The highest BCUT2D eigenvalue weighted by molar-refractivity contribution is 5.47. The van der Waals surface area contributed by atoms with Crippen LogP contribution in [-0.2, 0) is 19.9 Å². The van der Waals surface area contributed by atoms with Gasteiger partial charge in [0.25, 0.3) is 0 Å². The zero-order valence-electron chi connectivity index (χ0n) is 13.1. The van der Waals surface area contributed by atoms with Gasteiger partial charge in [-0.3, -0.25) is 4.68 Å². The van der Waals surface area contributed by atoms with Crippen molar-refractivity contribution in [3.8, 4) is 0 Å². The van der Waals surface area contributed by atoms with Gasteiger partial charge in [0.15, 0.2) is 0 Å². The smallest absolute Gasteiger partial charge is 0.132 e. The van der Waals surface area contributed by atoms with Crippen molar-refractivity contribution >= 4 is 11.6 Å². The summed E-state index contributed by atoms with van der Waals surface area (Å²) < 4.78 is 1.82. The van der Waals surface area contributed by atoms with Crippen LogP contribution in [0.2, 0.25) is 0 Å². The Kier molecular flexibility index (Phi) is 5.54. The lowest BCUT2D eigenvalue weighted by Crippen LogP contribution is -2.11. The molecule has 0 atom stereocenters. The van der Waals surface area contributed by atoms with Crippen LogP contribution in [0.3, 0.4) is 0 Å². The Morgan fingerprint density at radius 1 is 1.10 bits per heavy atom. The number of hydrogen-bond donors (Lipinski definition) is 2. The molecule has 0 aliphatic rings. The van der Waals surface area contributed by atoms with Gasteiger partial charge in [-0.2, -0.15) is 5.10 Å². The van der Waals surface area contributed by atoms with Gasteiger partial charge >= 0.3 is 0 Å². The largest absolute Gasteiger partial charge is 0.370 e. The number of aryl methyl sites for hydroxylation is 2. The molecule has 0 aliphatic carbocycles. The molecule has 0 saturated heterocycles. The molecule has 114 valence electrons. The molecule has 2 N–H and O–H groups in total. The van der Waals surface area contributed by atoms with E-state index in [0.29, 0.717) is 0 Å². The Morgan fingerprint density at radius 3 is 2.38 bits per heavy atom. The molecule has 6 heteroatoms. The van der Waals surface area contributed by atoms with Gasteiger partial charge in [-0.25, -0.2) is 9.97 Å². The number of nitrogens with zero attached hydrogens (tertiary/aromatic N) is 4. The number of anilines is 2. The van der Waals surface area contributed by atoms with E-state index in [1.807, 2.05) is 30.1 Å². The van der Waals surface area contributed by atoms with E-state index in [4.69, 9.17) is 0 Å². The molecule has 0 bridgehead atoms. The Balaban J connectivity index is 1.94. The number of aromatic nitrogens is 4. The van der Waals surface area contributed by atoms with Gasteiger partial charge in [0.2, 0.25) is 0 Å². The third-order valence-electron chi connectivity index (χ3n) is 3.10. The van der Waals surface area contributed by atoms with E-state index >= 15 is 0 Å². The highest BCUT2D eigenvalue weighted by Crippen LogP contribution is 2.12. The molecule has 0 radical (unpaired) electrons. The van der Waals surface area contributed by atoms with Crippen molar-refractivity contribution in [3.63, 3.8) is 0 Å². The second-order valence-corrected chi connectivity index (χ2v) is 4.99. The molecule has 0 unspecified atom stereocenters. The average molecular weight is 288 g/mol. The minimum Gasteiger partial charge on any atom is -0.370 e. The van der Waals surface area contributed by atoms with Crippen LogP contribution in [0.15, 0.2) is 18.3 Å². The summed E-state index contributed by atoms with van der Waals surface area (Å²) in [4.78, 5) is 8.99. The van der Waals surface area contributed by atoms with Gasteiger partial charge < -0.3 is 10.6 Å². The van der Waals surface area contributed by atoms with Crippen molar-refractivity contribution in [2.75, 3.05) is 23.7 Å². The fraction of sp³-hybridized carbons (Fsp3) is 0.533. The highest BCUT2D eigenvalue weighted by atomic mass is 15.2. The van der Waals surface area contributed by atoms with Crippen molar-refractivity contribution in [2.45, 2.75) is 33.1 Å². The predicted octanol–water partition coefficient (Wildman–Crippen LogP) is 2.25. The molecule has 2 rings (SSSR count). The summed E-state index contributed by atoms with van der Waals surface area (Å²) in [5.41, 5.74) is 1.08. The first-order valence-corrected chi connectivity index (χ1v) is 7.55. The van der Waals surface area contributed by atoms with Crippen LogP contribution in [-0.4, -0.2) is 32.8 Å². The standard InChI is InChI=1S/C15H24N6/c1-4-8-16-14-11-15(19-13(5-2)18-14)17-9-6-12-7-10-21(3)20-12/h7,10-11H,4-6,8-9H2,1-3H3,(H2,16,17,18,19). The summed E-state index contributed by atoms with van der Waals surface area (Å²) in [6, 6.07) is 4.00. The zero-order valence-corrected chi connectivity index (χ0v) is 13.1. The topological polar surface area (TPSA) is 67.7 Å². The summed E-state index contributed by atoms with van der Waals surface area (Å²) in [6.07, 6.45) is 4.75. The quantitative estimate of drug-likeness (QED) is 0.780. The van der Waals surface area contributed by atoms with Crippen LogP contribution < -0.4 is 10.6 Å². The summed E-state index contributed by atoms with van der Waals surface area (Å²) in [5, 5.41) is 11.0. The highest BCUT2D eigenvalue weighted by Gasteiger charge is 2.03. The predicted molar refractivity (Wildman–Crippen MR) is 85.6 cm³/mol. The van der Waals surface area contributed by atoms with Crippen LogP contribution in [0.5, 0.6) is 0 Å². The summed E-state index contributed by atoms with van der Waals surface area (Å²) in [7, 11) is 1.93. The van der Waals surface area contributed by atoms with Gasteiger partial charge in [-0.15, -0.1) is 0 Å². The molecule has 6 nitrogen and oxygen atoms in total. The molecule has 0 amide bonds. The first-order chi connectivity index (χ1) is 10.2. The molecule has 0 aromatic carbocycles. The Labute approximate surface area is 126 Å². The first-order valence-electron chi connectivity index (χ1n) is 7.55. The van der Waals surface area contributed by atoms with Crippen LogP contribution in [0.4, 0.5) is 11.6 Å². The van der Waals surface area contributed by atoms with Gasteiger partial charge in [-0.1, -0.05) is 13.8 Å². The lowest BCUT2D eigenvalue weighted by molar-refractivity contribution is 0.741. The van der Waals surface area contributed by atoms with Crippen molar-refractivity contribution in [1.29, 1.82) is 0 Å².